The van der Waals surface area contributed by atoms with Crippen molar-refractivity contribution in [3.05, 3.63) is 48.3 Å². The standard InChI is InChI=1S/C16H21N5.HI/c17-16(20-10-4-1-5-11-20)18-13-14-7-2-3-8-15(14)21-12-6-9-19-21;/h2-3,6-9,12H,1,4-5,10-11,13H2,(H2,17,18);1H. The van der Waals surface area contributed by atoms with E-state index in [-0.39, 0.29) is 24.0 Å². The summed E-state index contributed by atoms with van der Waals surface area (Å²) in [4.78, 5) is 6.75. The summed E-state index contributed by atoms with van der Waals surface area (Å²) < 4.78 is 1.86. The first-order chi connectivity index (χ1) is 10.3. The van der Waals surface area contributed by atoms with Gasteiger partial charge < -0.3 is 10.6 Å². The van der Waals surface area contributed by atoms with E-state index in [1.54, 1.807) is 6.20 Å². The number of halogens is 1. The zero-order valence-electron chi connectivity index (χ0n) is 12.6. The summed E-state index contributed by atoms with van der Waals surface area (Å²) in [5.41, 5.74) is 8.30. The van der Waals surface area contributed by atoms with E-state index in [4.69, 9.17) is 5.73 Å². The molecule has 1 aliphatic heterocycles. The maximum atomic E-state index is 6.12. The second-order valence-electron chi connectivity index (χ2n) is 5.30. The lowest BCUT2D eigenvalue weighted by molar-refractivity contribution is 0.338. The third kappa shape index (κ3) is 4.00. The van der Waals surface area contributed by atoms with Gasteiger partial charge in [-0.25, -0.2) is 9.67 Å². The number of aromatic nitrogens is 2. The molecule has 0 radical (unpaired) electrons. The highest BCUT2D eigenvalue weighted by Gasteiger charge is 2.12. The molecule has 0 spiro atoms. The van der Waals surface area contributed by atoms with Gasteiger partial charge in [-0.05, 0) is 37.0 Å². The molecular formula is C16H22IN5. The molecule has 1 saturated heterocycles. The zero-order valence-corrected chi connectivity index (χ0v) is 14.9. The molecule has 0 unspecified atom stereocenters. The highest BCUT2D eigenvalue weighted by molar-refractivity contribution is 14.0. The summed E-state index contributed by atoms with van der Waals surface area (Å²) in [6.45, 7) is 2.63. The molecule has 0 bridgehead atoms. The van der Waals surface area contributed by atoms with Crippen LogP contribution in [0.15, 0.2) is 47.7 Å². The van der Waals surface area contributed by atoms with Crippen LogP contribution in [0.2, 0.25) is 0 Å². The van der Waals surface area contributed by atoms with Crippen LogP contribution in [-0.2, 0) is 6.54 Å². The molecule has 0 saturated carbocycles. The van der Waals surface area contributed by atoms with E-state index >= 15 is 0 Å². The van der Waals surface area contributed by atoms with Crippen molar-refractivity contribution in [3.63, 3.8) is 0 Å². The molecule has 0 aliphatic carbocycles. The Morgan fingerprint density at radius 1 is 1.14 bits per heavy atom. The molecule has 3 rings (SSSR count). The fourth-order valence-electron chi connectivity index (χ4n) is 2.67. The number of nitrogens with zero attached hydrogens (tertiary/aromatic N) is 4. The van der Waals surface area contributed by atoms with Gasteiger partial charge in [-0.3, -0.25) is 0 Å². The van der Waals surface area contributed by atoms with Crippen LogP contribution >= 0.6 is 24.0 Å². The molecule has 1 aromatic heterocycles. The van der Waals surface area contributed by atoms with Crippen molar-refractivity contribution >= 4 is 29.9 Å². The predicted molar refractivity (Wildman–Crippen MR) is 99.7 cm³/mol. The highest BCUT2D eigenvalue weighted by Crippen LogP contribution is 2.15. The topological polar surface area (TPSA) is 59.4 Å². The monoisotopic (exact) mass is 411 g/mol. The van der Waals surface area contributed by atoms with Crippen molar-refractivity contribution in [3.8, 4) is 5.69 Å². The minimum Gasteiger partial charge on any atom is -0.370 e. The minimum absolute atomic E-state index is 0. The summed E-state index contributed by atoms with van der Waals surface area (Å²) in [5.74, 6) is 0.657. The molecular weight excluding hydrogens is 389 g/mol. The molecule has 1 fully saturated rings. The molecule has 0 atom stereocenters. The van der Waals surface area contributed by atoms with Crippen LogP contribution in [0.1, 0.15) is 24.8 Å². The van der Waals surface area contributed by atoms with Gasteiger partial charge in [0, 0.05) is 25.5 Å². The van der Waals surface area contributed by atoms with Crippen molar-refractivity contribution in [2.45, 2.75) is 25.8 Å². The predicted octanol–water partition coefficient (Wildman–Crippen LogP) is 2.79. The lowest BCUT2D eigenvalue weighted by Gasteiger charge is -2.27. The summed E-state index contributed by atoms with van der Waals surface area (Å²) in [6, 6.07) is 10.1. The number of rotatable bonds is 3. The van der Waals surface area contributed by atoms with Gasteiger partial charge in [-0.15, -0.1) is 24.0 Å². The number of benzene rings is 1. The SMILES string of the molecule is I.NC(=NCc1ccccc1-n1cccn1)N1CCCCC1. The molecule has 6 heteroatoms. The number of nitrogens with two attached hydrogens (primary N) is 1. The molecule has 2 aromatic rings. The van der Waals surface area contributed by atoms with Gasteiger partial charge in [-0.2, -0.15) is 5.10 Å². The number of hydrogen-bond acceptors (Lipinski definition) is 2. The summed E-state index contributed by atoms with van der Waals surface area (Å²) in [6.07, 6.45) is 7.44. The number of likely N-dealkylation sites (tertiary alicyclic amines) is 1. The van der Waals surface area contributed by atoms with Gasteiger partial charge in [0.15, 0.2) is 5.96 Å². The lowest BCUT2D eigenvalue weighted by atomic mass is 10.1. The van der Waals surface area contributed by atoms with E-state index in [0.29, 0.717) is 12.5 Å². The maximum Gasteiger partial charge on any atom is 0.191 e. The first-order valence-electron chi connectivity index (χ1n) is 7.47. The first kappa shape index (κ1) is 16.8. The molecule has 2 N–H and O–H groups in total. The van der Waals surface area contributed by atoms with Crippen LogP contribution in [0.25, 0.3) is 5.69 Å². The Morgan fingerprint density at radius 2 is 1.91 bits per heavy atom. The maximum absolute atomic E-state index is 6.12. The van der Waals surface area contributed by atoms with E-state index in [0.717, 1.165) is 24.3 Å². The van der Waals surface area contributed by atoms with Crippen LogP contribution in [0.4, 0.5) is 0 Å². The number of para-hydroxylation sites is 1. The van der Waals surface area contributed by atoms with Gasteiger partial charge in [0.2, 0.25) is 0 Å². The lowest BCUT2D eigenvalue weighted by Crippen LogP contribution is -2.40. The molecule has 5 nitrogen and oxygen atoms in total. The summed E-state index contributed by atoms with van der Waals surface area (Å²) in [7, 11) is 0. The number of guanidine groups is 1. The van der Waals surface area contributed by atoms with E-state index in [1.165, 1.54) is 19.3 Å². The van der Waals surface area contributed by atoms with Gasteiger partial charge in [-0.1, -0.05) is 18.2 Å². The Morgan fingerprint density at radius 3 is 2.64 bits per heavy atom. The van der Waals surface area contributed by atoms with Gasteiger partial charge in [0.1, 0.15) is 0 Å². The largest absolute Gasteiger partial charge is 0.370 e. The molecule has 118 valence electrons. The van der Waals surface area contributed by atoms with Gasteiger partial charge in [0.25, 0.3) is 0 Å². The second kappa shape index (κ2) is 8.17. The minimum atomic E-state index is 0. The van der Waals surface area contributed by atoms with Gasteiger partial charge in [0.05, 0.1) is 12.2 Å². The average molecular weight is 411 g/mol. The highest BCUT2D eigenvalue weighted by atomic mass is 127. The molecule has 2 heterocycles. The summed E-state index contributed by atoms with van der Waals surface area (Å²) >= 11 is 0. The quantitative estimate of drug-likeness (QED) is 0.480. The van der Waals surface area contributed by atoms with Crippen LogP contribution in [0, 0.1) is 0 Å². The van der Waals surface area contributed by atoms with E-state index in [1.807, 2.05) is 29.1 Å². The van der Waals surface area contributed by atoms with Crippen molar-refractivity contribution in [1.29, 1.82) is 0 Å². The van der Waals surface area contributed by atoms with Crippen molar-refractivity contribution in [2.24, 2.45) is 10.7 Å². The Balaban J connectivity index is 0.00000176. The van der Waals surface area contributed by atoms with E-state index in [2.05, 4.69) is 27.1 Å². The smallest absolute Gasteiger partial charge is 0.191 e. The van der Waals surface area contributed by atoms with Gasteiger partial charge >= 0.3 is 0 Å². The molecule has 22 heavy (non-hydrogen) atoms. The number of aliphatic imine (C=N–C) groups is 1. The average Bonchev–Trinajstić information content (AvgIpc) is 3.08. The van der Waals surface area contributed by atoms with Crippen molar-refractivity contribution < 1.29 is 0 Å². The molecule has 1 aliphatic rings. The Labute approximate surface area is 148 Å². The van der Waals surface area contributed by atoms with E-state index < -0.39 is 0 Å². The van der Waals surface area contributed by atoms with Crippen LogP contribution in [-0.4, -0.2) is 33.7 Å². The number of piperidine rings is 1. The fourth-order valence-corrected chi connectivity index (χ4v) is 2.67. The number of hydrogen-bond donors (Lipinski definition) is 1. The Bertz CT molecular complexity index is 603. The fraction of sp³-hybridized carbons (Fsp3) is 0.375. The van der Waals surface area contributed by atoms with Crippen LogP contribution in [0.3, 0.4) is 0 Å². The third-order valence-corrected chi connectivity index (χ3v) is 3.83. The normalized spacial score (nSPS) is 15.5. The van der Waals surface area contributed by atoms with Crippen LogP contribution in [0.5, 0.6) is 0 Å². The van der Waals surface area contributed by atoms with Crippen LogP contribution < -0.4 is 5.73 Å². The Kier molecular flexibility index (Phi) is 6.23. The summed E-state index contributed by atoms with van der Waals surface area (Å²) in [5, 5.41) is 4.29. The first-order valence-corrected chi connectivity index (χ1v) is 7.47. The molecule has 0 amide bonds. The third-order valence-electron chi connectivity index (χ3n) is 3.83. The molecule has 1 aromatic carbocycles. The van der Waals surface area contributed by atoms with E-state index in [9.17, 15) is 0 Å². The van der Waals surface area contributed by atoms with Crippen molar-refractivity contribution in [1.82, 2.24) is 14.7 Å². The second-order valence-corrected chi connectivity index (χ2v) is 5.30. The van der Waals surface area contributed by atoms with Crippen molar-refractivity contribution in [2.75, 3.05) is 13.1 Å². The Hall–Kier alpha value is -1.57. The zero-order chi connectivity index (χ0) is 14.5.